The Bertz CT molecular complexity index is 841. The molecule has 1 aromatic heterocycles. The summed E-state index contributed by atoms with van der Waals surface area (Å²) in [6, 6.07) is 9.79. The van der Waals surface area contributed by atoms with Gasteiger partial charge in [0.25, 0.3) is 10.0 Å². The van der Waals surface area contributed by atoms with Gasteiger partial charge >= 0.3 is 0 Å². The maximum atomic E-state index is 12.0. The van der Waals surface area contributed by atoms with Crippen LogP contribution in [0, 0.1) is 18.8 Å². The van der Waals surface area contributed by atoms with E-state index in [2.05, 4.69) is 16.6 Å². The van der Waals surface area contributed by atoms with Crippen LogP contribution in [0.3, 0.4) is 0 Å². The molecule has 0 saturated heterocycles. The Hall–Kier alpha value is -2.14. The molecule has 0 spiro atoms. The van der Waals surface area contributed by atoms with Gasteiger partial charge in [0, 0.05) is 16.0 Å². The van der Waals surface area contributed by atoms with Crippen LogP contribution >= 0.6 is 11.3 Å². The Morgan fingerprint density at radius 3 is 2.45 bits per heavy atom. The number of nitrogens with two attached hydrogens (primary N) is 1. The summed E-state index contributed by atoms with van der Waals surface area (Å²) in [7, 11) is -3.51. The minimum atomic E-state index is -3.51. The highest BCUT2D eigenvalue weighted by Gasteiger charge is 2.14. The van der Waals surface area contributed by atoms with Gasteiger partial charge in [0.05, 0.1) is 6.54 Å². The molecule has 114 valence electrons. The molecule has 2 rings (SSSR count). The Kier molecular flexibility index (Phi) is 4.98. The lowest BCUT2D eigenvalue weighted by atomic mass is 10.1. The van der Waals surface area contributed by atoms with E-state index in [0.29, 0.717) is 11.1 Å². The Balaban J connectivity index is 1.98. The number of carbonyl (C=O) groups is 1. The molecule has 0 fully saturated rings. The Morgan fingerprint density at radius 1 is 1.23 bits per heavy atom. The first-order chi connectivity index (χ1) is 10.4. The summed E-state index contributed by atoms with van der Waals surface area (Å²) >= 11 is 1.21. The fourth-order valence-corrected chi connectivity index (χ4v) is 3.87. The number of hydrogen-bond acceptors (Lipinski definition) is 4. The van der Waals surface area contributed by atoms with Gasteiger partial charge < -0.3 is 5.73 Å². The molecule has 1 aromatic carbocycles. The zero-order valence-corrected chi connectivity index (χ0v) is 13.4. The molecule has 7 heteroatoms. The predicted molar refractivity (Wildman–Crippen MR) is 86.1 cm³/mol. The molecule has 0 atom stereocenters. The number of aryl methyl sites for hydroxylation is 1. The van der Waals surface area contributed by atoms with Gasteiger partial charge in [-0.3, -0.25) is 4.79 Å². The second-order valence-corrected chi connectivity index (χ2v) is 7.71. The third kappa shape index (κ3) is 4.18. The lowest BCUT2D eigenvalue weighted by Gasteiger charge is -1.99. The van der Waals surface area contributed by atoms with Gasteiger partial charge in [0.1, 0.15) is 4.21 Å². The van der Waals surface area contributed by atoms with Gasteiger partial charge in [-0.25, -0.2) is 8.42 Å². The zero-order chi connectivity index (χ0) is 16.2. The molecular weight excluding hydrogens is 320 g/mol. The molecule has 0 aliphatic rings. The van der Waals surface area contributed by atoms with Gasteiger partial charge in [-0.15, -0.1) is 11.3 Å². The van der Waals surface area contributed by atoms with E-state index in [-0.39, 0.29) is 10.8 Å². The lowest BCUT2D eigenvalue weighted by molar-refractivity contribution is 0.100. The topological polar surface area (TPSA) is 89.3 Å². The second-order valence-electron chi connectivity index (χ2n) is 4.43. The van der Waals surface area contributed by atoms with E-state index in [1.165, 1.54) is 11.3 Å². The monoisotopic (exact) mass is 334 g/mol. The molecule has 0 saturated carbocycles. The van der Waals surface area contributed by atoms with Gasteiger partial charge in [-0.2, -0.15) is 4.72 Å². The van der Waals surface area contributed by atoms with Gasteiger partial charge in [-0.1, -0.05) is 11.8 Å². The highest BCUT2D eigenvalue weighted by Crippen LogP contribution is 2.19. The molecule has 3 N–H and O–H groups in total. The molecule has 1 heterocycles. The van der Waals surface area contributed by atoms with Gasteiger partial charge in [-0.05, 0) is 43.3 Å². The SMILES string of the molecule is Cc1ccc(S(=O)(=O)NCC#Cc2ccc(C(N)=O)cc2)s1. The van der Waals surface area contributed by atoms with Crippen molar-refractivity contribution in [1.82, 2.24) is 4.72 Å². The number of primary amides is 1. The number of hydrogen-bond donors (Lipinski definition) is 2. The van der Waals surface area contributed by atoms with Crippen LogP contribution in [-0.2, 0) is 10.0 Å². The smallest absolute Gasteiger partial charge is 0.250 e. The van der Waals surface area contributed by atoms with Crippen molar-refractivity contribution < 1.29 is 13.2 Å². The zero-order valence-electron chi connectivity index (χ0n) is 11.8. The van der Waals surface area contributed by atoms with Crippen LogP contribution in [0.4, 0.5) is 0 Å². The lowest BCUT2D eigenvalue weighted by Crippen LogP contribution is -2.23. The van der Waals surface area contributed by atoms with Crippen LogP contribution in [0.5, 0.6) is 0 Å². The van der Waals surface area contributed by atoms with Crippen molar-refractivity contribution in [3.63, 3.8) is 0 Å². The highest BCUT2D eigenvalue weighted by atomic mass is 32.2. The van der Waals surface area contributed by atoms with E-state index in [1.54, 1.807) is 36.4 Å². The number of carbonyl (C=O) groups excluding carboxylic acids is 1. The van der Waals surface area contributed by atoms with E-state index in [0.717, 1.165) is 4.88 Å². The first-order valence-electron chi connectivity index (χ1n) is 6.33. The van der Waals surface area contributed by atoms with Crippen molar-refractivity contribution >= 4 is 27.3 Å². The molecule has 2 aromatic rings. The van der Waals surface area contributed by atoms with Crippen molar-refractivity contribution in [1.29, 1.82) is 0 Å². The van der Waals surface area contributed by atoms with Crippen molar-refractivity contribution in [3.8, 4) is 11.8 Å². The predicted octanol–water partition coefficient (Wildman–Crippen LogP) is 1.49. The second kappa shape index (κ2) is 6.75. The highest BCUT2D eigenvalue weighted by molar-refractivity contribution is 7.91. The third-order valence-electron chi connectivity index (χ3n) is 2.73. The average molecular weight is 334 g/mol. The molecule has 0 aliphatic carbocycles. The summed E-state index contributed by atoms with van der Waals surface area (Å²) in [4.78, 5) is 11.9. The van der Waals surface area contributed by atoms with Crippen molar-refractivity contribution in [3.05, 3.63) is 52.4 Å². The molecule has 0 aliphatic heterocycles. The molecule has 0 unspecified atom stereocenters. The number of rotatable bonds is 4. The first-order valence-corrected chi connectivity index (χ1v) is 8.63. The van der Waals surface area contributed by atoms with E-state index in [1.807, 2.05) is 6.92 Å². The number of amides is 1. The van der Waals surface area contributed by atoms with E-state index in [9.17, 15) is 13.2 Å². The number of thiophene rings is 1. The fourth-order valence-electron chi connectivity index (χ4n) is 1.62. The summed E-state index contributed by atoms with van der Waals surface area (Å²) in [5.41, 5.74) is 6.22. The molecule has 5 nitrogen and oxygen atoms in total. The molecule has 0 bridgehead atoms. The number of benzene rings is 1. The van der Waals surface area contributed by atoms with E-state index in [4.69, 9.17) is 5.73 Å². The Labute approximate surface area is 133 Å². The summed E-state index contributed by atoms with van der Waals surface area (Å²) in [6.45, 7) is 1.86. The van der Waals surface area contributed by atoms with E-state index < -0.39 is 15.9 Å². The van der Waals surface area contributed by atoms with Gasteiger partial charge in [0.2, 0.25) is 5.91 Å². The number of nitrogens with one attached hydrogen (secondary N) is 1. The largest absolute Gasteiger partial charge is 0.366 e. The van der Waals surface area contributed by atoms with Crippen molar-refractivity contribution in [2.45, 2.75) is 11.1 Å². The van der Waals surface area contributed by atoms with Crippen molar-refractivity contribution in [2.75, 3.05) is 6.54 Å². The molecular formula is C15H14N2O3S2. The minimum Gasteiger partial charge on any atom is -0.366 e. The molecule has 1 amide bonds. The summed E-state index contributed by atoms with van der Waals surface area (Å²) in [6.07, 6.45) is 0. The maximum absolute atomic E-state index is 12.0. The standard InChI is InChI=1S/C15H14N2O3S2/c1-11-4-9-14(21-11)22(19,20)17-10-2-3-12-5-7-13(8-6-12)15(16)18/h4-9,17H,10H2,1H3,(H2,16,18). The molecule has 0 radical (unpaired) electrons. The maximum Gasteiger partial charge on any atom is 0.250 e. The summed E-state index contributed by atoms with van der Waals surface area (Å²) in [5, 5.41) is 0. The van der Waals surface area contributed by atoms with Gasteiger partial charge in [0.15, 0.2) is 0 Å². The number of sulfonamides is 1. The Morgan fingerprint density at radius 2 is 1.91 bits per heavy atom. The third-order valence-corrected chi connectivity index (χ3v) is 5.63. The minimum absolute atomic E-state index is 0.0108. The normalized spacial score (nSPS) is 10.8. The van der Waals surface area contributed by atoms with Crippen LogP contribution in [0.1, 0.15) is 20.8 Å². The van der Waals surface area contributed by atoms with E-state index >= 15 is 0 Å². The van der Waals surface area contributed by atoms with Crippen LogP contribution < -0.4 is 10.5 Å². The quantitative estimate of drug-likeness (QED) is 0.830. The van der Waals surface area contributed by atoms with Crippen LogP contribution in [0.25, 0.3) is 0 Å². The first kappa shape index (κ1) is 16.2. The molecule has 22 heavy (non-hydrogen) atoms. The summed E-state index contributed by atoms with van der Waals surface area (Å²) < 4.78 is 26.6. The average Bonchev–Trinajstić information content (AvgIpc) is 2.92. The van der Waals surface area contributed by atoms with Crippen LogP contribution in [0.15, 0.2) is 40.6 Å². The van der Waals surface area contributed by atoms with Crippen LogP contribution in [-0.4, -0.2) is 20.9 Å². The van der Waals surface area contributed by atoms with Crippen LogP contribution in [0.2, 0.25) is 0 Å². The fraction of sp³-hybridized carbons (Fsp3) is 0.133. The van der Waals surface area contributed by atoms with Crippen molar-refractivity contribution in [2.24, 2.45) is 5.73 Å². The summed E-state index contributed by atoms with van der Waals surface area (Å²) in [5.74, 6) is 5.04.